The molecule has 5 heteroatoms. The normalized spacial score (nSPS) is 10.2. The number of phenols is 1. The summed E-state index contributed by atoms with van der Waals surface area (Å²) < 4.78 is 0. The second-order valence-electron chi connectivity index (χ2n) is 6.56. The highest BCUT2D eigenvalue weighted by molar-refractivity contribution is 6.05. The molecule has 0 aliphatic rings. The number of para-hydroxylation sites is 1. The molecule has 4 rings (SSSR count). The van der Waals surface area contributed by atoms with Gasteiger partial charge in [-0.15, -0.1) is 0 Å². The van der Waals surface area contributed by atoms with Gasteiger partial charge in [-0.2, -0.15) is 0 Å². The van der Waals surface area contributed by atoms with Gasteiger partial charge in [-0.3, -0.25) is 0 Å². The van der Waals surface area contributed by atoms with Crippen LogP contribution < -0.4 is 0 Å². The summed E-state index contributed by atoms with van der Waals surface area (Å²) in [5.74, 6) is 1.76. The third-order valence-electron chi connectivity index (χ3n) is 4.40. The molecule has 0 spiro atoms. The van der Waals surface area contributed by atoms with E-state index < -0.39 is 0 Å². The van der Waals surface area contributed by atoms with Crippen molar-refractivity contribution in [3.8, 4) is 39.9 Å². The molecule has 0 aliphatic carbocycles. The minimum absolute atomic E-state index is 0.147. The van der Waals surface area contributed by atoms with Crippen molar-refractivity contribution in [1.29, 1.82) is 0 Å². The van der Waals surface area contributed by atoms with Gasteiger partial charge in [0.2, 0.25) is 0 Å². The summed E-state index contributed by atoms with van der Waals surface area (Å²) in [4.78, 5) is 13.9. The summed E-state index contributed by atoms with van der Waals surface area (Å²) >= 11 is 0. The minimum atomic E-state index is 0.147. The van der Waals surface area contributed by atoms with E-state index >= 15 is 0 Å². The quantitative estimate of drug-likeness (QED) is 0.485. The first kappa shape index (κ1) is 20.3. The van der Waals surface area contributed by atoms with Gasteiger partial charge in [-0.05, 0) is 26.0 Å². The molecule has 0 bridgehead atoms. The predicted molar refractivity (Wildman–Crippen MR) is 119 cm³/mol. The topological polar surface area (TPSA) is 58.9 Å². The van der Waals surface area contributed by atoms with E-state index in [4.69, 9.17) is 0 Å². The summed E-state index contributed by atoms with van der Waals surface area (Å²) in [7, 11) is 4.50. The Balaban J connectivity index is 0.00000117. The molecule has 2 radical (unpaired) electrons. The number of aromatic nitrogens is 3. The van der Waals surface area contributed by atoms with E-state index in [0.29, 0.717) is 23.0 Å². The molecule has 1 N–H and O–H groups in total. The van der Waals surface area contributed by atoms with Crippen molar-refractivity contribution in [1.82, 2.24) is 15.0 Å². The monoisotopic (exact) mass is 379 g/mol. The molecular weight excluding hydrogens is 357 g/mol. The number of aryl methyl sites for hydroxylation is 2. The van der Waals surface area contributed by atoms with Crippen LogP contribution in [0.5, 0.6) is 5.75 Å². The molecule has 0 unspecified atom stereocenters. The molecule has 4 nitrogen and oxygen atoms in total. The van der Waals surface area contributed by atoms with Gasteiger partial charge in [0.25, 0.3) is 0 Å². The summed E-state index contributed by atoms with van der Waals surface area (Å²) in [5.41, 5.74) is 4.75. The Morgan fingerprint density at radius 1 is 0.586 bits per heavy atom. The van der Waals surface area contributed by atoms with Crippen molar-refractivity contribution < 1.29 is 5.11 Å². The van der Waals surface area contributed by atoms with Gasteiger partial charge in [0.05, 0.1) is 13.4 Å². The maximum Gasteiger partial charge on any atom is 0.167 e. The fraction of sp³-hybridized carbons (Fsp3) is 0.125. The molecule has 0 amide bonds. The van der Waals surface area contributed by atoms with E-state index in [0.717, 1.165) is 11.1 Å². The van der Waals surface area contributed by atoms with Crippen LogP contribution in [0.4, 0.5) is 0 Å². The third kappa shape index (κ3) is 4.69. The summed E-state index contributed by atoms with van der Waals surface area (Å²) in [6.07, 6.45) is 0. The highest BCUT2D eigenvalue weighted by Crippen LogP contribution is 2.29. The molecule has 4 aromatic rings. The zero-order chi connectivity index (χ0) is 20.8. The van der Waals surface area contributed by atoms with Gasteiger partial charge in [0.1, 0.15) is 5.75 Å². The minimum Gasteiger partial charge on any atom is -0.507 e. The summed E-state index contributed by atoms with van der Waals surface area (Å²) in [6.45, 7) is 5.59. The number of benzene rings is 3. The van der Waals surface area contributed by atoms with Gasteiger partial charge in [0, 0.05) is 11.1 Å². The zero-order valence-corrected chi connectivity index (χ0v) is 16.8. The van der Waals surface area contributed by atoms with Gasteiger partial charge in [0.15, 0.2) is 17.5 Å². The predicted octanol–water partition coefficient (Wildman–Crippen LogP) is 5.40. The van der Waals surface area contributed by atoms with Gasteiger partial charge in [-0.1, -0.05) is 78.6 Å². The lowest BCUT2D eigenvalue weighted by Crippen LogP contribution is -2.00. The Morgan fingerprint density at radius 3 is 1.45 bits per heavy atom. The van der Waals surface area contributed by atoms with Crippen LogP contribution in [0, 0.1) is 13.8 Å². The Morgan fingerprint density at radius 2 is 1.00 bits per heavy atom. The largest absolute Gasteiger partial charge is 0.507 e. The van der Waals surface area contributed by atoms with Crippen LogP contribution in [0.25, 0.3) is 34.2 Å². The van der Waals surface area contributed by atoms with Crippen LogP contribution in [0.2, 0.25) is 6.82 Å². The van der Waals surface area contributed by atoms with Crippen LogP contribution >= 0.6 is 0 Å². The molecule has 1 aromatic heterocycles. The second-order valence-corrected chi connectivity index (χ2v) is 6.56. The number of aromatic hydroxyl groups is 1. The second kappa shape index (κ2) is 9.15. The molecule has 0 aliphatic heterocycles. The van der Waals surface area contributed by atoms with E-state index in [9.17, 15) is 5.11 Å². The lowest BCUT2D eigenvalue weighted by Gasteiger charge is -2.09. The van der Waals surface area contributed by atoms with Gasteiger partial charge >= 0.3 is 0 Å². The van der Waals surface area contributed by atoms with E-state index in [1.807, 2.05) is 74.5 Å². The van der Waals surface area contributed by atoms with Crippen LogP contribution in [0.15, 0.2) is 72.8 Å². The molecule has 1 heterocycles. The van der Waals surface area contributed by atoms with Crippen molar-refractivity contribution in [2.45, 2.75) is 20.7 Å². The van der Waals surface area contributed by atoms with Crippen molar-refractivity contribution in [2.24, 2.45) is 0 Å². The molecule has 3 aromatic carbocycles. The maximum atomic E-state index is 10.3. The Hall–Kier alpha value is -3.47. The first-order valence-corrected chi connectivity index (χ1v) is 9.36. The lowest BCUT2D eigenvalue weighted by molar-refractivity contribution is 0.477. The Bertz CT molecular complexity index is 1030. The van der Waals surface area contributed by atoms with Crippen LogP contribution in [0.3, 0.4) is 0 Å². The lowest BCUT2D eigenvalue weighted by atomic mass is 10.1. The average Bonchev–Trinajstić information content (AvgIpc) is 2.76. The Kier molecular flexibility index (Phi) is 6.40. The van der Waals surface area contributed by atoms with Crippen LogP contribution in [-0.4, -0.2) is 27.9 Å². The molecule has 0 atom stereocenters. The zero-order valence-electron chi connectivity index (χ0n) is 16.8. The standard InChI is InChI=1S/C23H19N3O.CH3B/c1-15-7-11-17(12-8-15)21-24-22(18-13-9-16(2)10-14-18)26-23(25-21)19-5-3-4-6-20(19)27;1-2/h3-14,27H,1-2H3;1H3. The van der Waals surface area contributed by atoms with Crippen LogP contribution in [-0.2, 0) is 0 Å². The van der Waals surface area contributed by atoms with Crippen molar-refractivity contribution in [3.05, 3.63) is 83.9 Å². The fourth-order valence-electron chi connectivity index (χ4n) is 2.82. The van der Waals surface area contributed by atoms with E-state index in [1.54, 1.807) is 12.1 Å². The molecule has 0 fully saturated rings. The Labute approximate surface area is 172 Å². The fourth-order valence-corrected chi connectivity index (χ4v) is 2.82. The van der Waals surface area contributed by atoms with Crippen molar-refractivity contribution in [2.75, 3.05) is 0 Å². The number of hydrogen-bond acceptors (Lipinski definition) is 4. The van der Waals surface area contributed by atoms with Crippen LogP contribution in [0.1, 0.15) is 11.1 Å². The number of hydrogen-bond donors (Lipinski definition) is 1. The van der Waals surface area contributed by atoms with Gasteiger partial charge in [-0.25, -0.2) is 15.0 Å². The average molecular weight is 379 g/mol. The van der Waals surface area contributed by atoms with E-state index in [2.05, 4.69) is 22.8 Å². The molecule has 142 valence electrons. The number of nitrogens with zero attached hydrogens (tertiary/aromatic N) is 3. The molecule has 29 heavy (non-hydrogen) atoms. The van der Waals surface area contributed by atoms with E-state index in [-0.39, 0.29) is 5.75 Å². The first-order valence-electron chi connectivity index (χ1n) is 9.36. The van der Waals surface area contributed by atoms with Gasteiger partial charge < -0.3 is 5.11 Å². The summed E-state index contributed by atoms with van der Waals surface area (Å²) in [5, 5.41) is 10.3. The van der Waals surface area contributed by atoms with Crippen molar-refractivity contribution in [3.63, 3.8) is 0 Å². The maximum absolute atomic E-state index is 10.3. The summed E-state index contributed by atoms with van der Waals surface area (Å²) in [6, 6.07) is 23.2. The highest BCUT2D eigenvalue weighted by atomic mass is 16.3. The number of rotatable bonds is 3. The number of phenolic OH excluding ortho intramolecular Hbond substituents is 1. The molecular formula is C24H22BN3O. The highest BCUT2D eigenvalue weighted by Gasteiger charge is 2.14. The third-order valence-corrected chi connectivity index (χ3v) is 4.40. The van der Waals surface area contributed by atoms with E-state index in [1.165, 1.54) is 17.9 Å². The molecule has 0 saturated carbocycles. The smallest absolute Gasteiger partial charge is 0.167 e. The van der Waals surface area contributed by atoms with Crippen molar-refractivity contribution >= 4 is 7.85 Å². The molecule has 0 saturated heterocycles. The SMILES string of the molecule is Cc1ccc(-c2nc(-c3ccc(C)cc3)nc(-c3ccccc3O)n2)cc1.[B]C. The first-order chi connectivity index (χ1) is 14.1.